The minimum absolute atomic E-state index is 0. The SMILES string of the molecule is Cl.O=C(O)c1cc(C2CC2)c(CN2CCC(Oc3ccc(Cl)c(C(F)(F)F)c3)CC2)cc1F. The van der Waals surface area contributed by atoms with E-state index in [1.54, 1.807) is 0 Å². The summed E-state index contributed by atoms with van der Waals surface area (Å²) in [6.45, 7) is 1.77. The number of carboxylic acids is 1. The number of ether oxygens (including phenoxy) is 1. The largest absolute Gasteiger partial charge is 0.490 e. The minimum atomic E-state index is -4.55. The van der Waals surface area contributed by atoms with Gasteiger partial charge in [0.15, 0.2) is 0 Å². The molecule has 2 aromatic rings. The molecule has 0 spiro atoms. The molecule has 4 nitrogen and oxygen atoms in total. The van der Waals surface area contributed by atoms with Gasteiger partial charge in [-0.05, 0) is 73.1 Å². The molecule has 1 aliphatic heterocycles. The maximum atomic E-state index is 14.3. The number of hydrogen-bond acceptors (Lipinski definition) is 3. The molecule has 2 fully saturated rings. The fraction of sp³-hybridized carbons (Fsp3) is 0.435. The van der Waals surface area contributed by atoms with E-state index in [9.17, 15) is 27.5 Å². The third-order valence-electron chi connectivity index (χ3n) is 5.95. The molecule has 2 aliphatic rings. The molecule has 0 unspecified atom stereocenters. The Morgan fingerprint density at radius 2 is 1.79 bits per heavy atom. The number of aromatic carboxylic acids is 1. The lowest BCUT2D eigenvalue weighted by molar-refractivity contribution is -0.137. The summed E-state index contributed by atoms with van der Waals surface area (Å²) in [5, 5.41) is 8.83. The summed E-state index contributed by atoms with van der Waals surface area (Å²) in [4.78, 5) is 13.4. The van der Waals surface area contributed by atoms with Crippen molar-refractivity contribution in [3.8, 4) is 5.75 Å². The molecular formula is C23H23Cl2F4NO3. The van der Waals surface area contributed by atoms with Gasteiger partial charge in [-0.2, -0.15) is 13.2 Å². The van der Waals surface area contributed by atoms with Crippen LogP contribution in [0.5, 0.6) is 5.75 Å². The molecule has 1 N–H and O–H groups in total. The van der Waals surface area contributed by atoms with E-state index in [-0.39, 0.29) is 40.8 Å². The van der Waals surface area contributed by atoms with Gasteiger partial charge in [0.05, 0.1) is 16.1 Å². The topological polar surface area (TPSA) is 49.8 Å². The first-order chi connectivity index (χ1) is 15.1. The number of hydrogen-bond donors (Lipinski definition) is 1. The second-order valence-corrected chi connectivity index (χ2v) is 8.75. The lowest BCUT2D eigenvalue weighted by Crippen LogP contribution is -2.38. The highest BCUT2D eigenvalue weighted by atomic mass is 35.5. The fourth-order valence-corrected chi connectivity index (χ4v) is 4.34. The Kier molecular flexibility index (Phi) is 7.81. The van der Waals surface area contributed by atoms with E-state index >= 15 is 0 Å². The number of likely N-dealkylation sites (tertiary alicyclic amines) is 1. The third-order valence-corrected chi connectivity index (χ3v) is 6.28. The van der Waals surface area contributed by atoms with Gasteiger partial charge in [-0.1, -0.05) is 11.6 Å². The van der Waals surface area contributed by atoms with Crippen molar-refractivity contribution >= 4 is 30.0 Å². The molecule has 2 aromatic carbocycles. The van der Waals surface area contributed by atoms with Gasteiger partial charge in [0.1, 0.15) is 17.7 Å². The number of nitrogens with zero attached hydrogens (tertiary/aromatic N) is 1. The van der Waals surface area contributed by atoms with Crippen LogP contribution < -0.4 is 4.74 Å². The van der Waals surface area contributed by atoms with Crippen LogP contribution in [-0.2, 0) is 12.7 Å². The first kappa shape index (κ1) is 25.6. The highest BCUT2D eigenvalue weighted by Crippen LogP contribution is 2.43. The number of piperidine rings is 1. The minimum Gasteiger partial charge on any atom is -0.490 e. The van der Waals surface area contributed by atoms with Crippen LogP contribution in [0.4, 0.5) is 17.6 Å². The van der Waals surface area contributed by atoms with Gasteiger partial charge in [0, 0.05) is 19.6 Å². The zero-order chi connectivity index (χ0) is 23.0. The summed E-state index contributed by atoms with van der Waals surface area (Å²) in [6.07, 6.45) is -1.63. The van der Waals surface area contributed by atoms with Gasteiger partial charge in [-0.15, -0.1) is 12.4 Å². The Labute approximate surface area is 199 Å². The fourth-order valence-electron chi connectivity index (χ4n) is 4.12. The van der Waals surface area contributed by atoms with Crippen LogP contribution in [0.25, 0.3) is 0 Å². The number of carboxylic acid groups (broad SMARTS) is 1. The van der Waals surface area contributed by atoms with E-state index in [0.717, 1.165) is 30.0 Å². The van der Waals surface area contributed by atoms with E-state index in [0.29, 0.717) is 32.5 Å². The maximum absolute atomic E-state index is 14.3. The molecule has 180 valence electrons. The van der Waals surface area contributed by atoms with E-state index in [1.807, 2.05) is 0 Å². The molecule has 0 aromatic heterocycles. The molecule has 33 heavy (non-hydrogen) atoms. The second-order valence-electron chi connectivity index (χ2n) is 8.34. The second kappa shape index (κ2) is 10.1. The summed E-state index contributed by atoms with van der Waals surface area (Å²) in [5.41, 5.74) is 0.461. The zero-order valence-corrected chi connectivity index (χ0v) is 19.1. The molecular weight excluding hydrogens is 485 g/mol. The van der Waals surface area contributed by atoms with Crippen molar-refractivity contribution in [2.75, 3.05) is 13.1 Å². The summed E-state index contributed by atoms with van der Waals surface area (Å²) in [6, 6.07) is 6.32. The van der Waals surface area contributed by atoms with Crippen LogP contribution in [-0.4, -0.2) is 35.2 Å². The monoisotopic (exact) mass is 507 g/mol. The van der Waals surface area contributed by atoms with E-state index in [4.69, 9.17) is 16.3 Å². The van der Waals surface area contributed by atoms with E-state index < -0.39 is 23.5 Å². The predicted octanol–water partition coefficient (Wildman–Crippen LogP) is 6.54. The third kappa shape index (κ3) is 6.11. The highest BCUT2D eigenvalue weighted by Gasteiger charge is 2.34. The quantitative estimate of drug-likeness (QED) is 0.451. The van der Waals surface area contributed by atoms with Gasteiger partial charge in [0.2, 0.25) is 0 Å². The van der Waals surface area contributed by atoms with Crippen molar-refractivity contribution in [2.24, 2.45) is 0 Å². The Balaban J connectivity index is 0.00000306. The summed E-state index contributed by atoms with van der Waals surface area (Å²) >= 11 is 5.66. The molecule has 0 radical (unpaired) electrons. The van der Waals surface area contributed by atoms with Crippen LogP contribution in [0.15, 0.2) is 30.3 Å². The van der Waals surface area contributed by atoms with Crippen LogP contribution in [0.3, 0.4) is 0 Å². The number of alkyl halides is 3. The molecule has 1 saturated carbocycles. The Hall–Kier alpha value is -2.03. The maximum Gasteiger partial charge on any atom is 0.417 e. The molecule has 1 heterocycles. The Morgan fingerprint density at radius 1 is 1.12 bits per heavy atom. The molecule has 4 rings (SSSR count). The molecule has 1 saturated heterocycles. The van der Waals surface area contributed by atoms with E-state index in [1.165, 1.54) is 24.3 Å². The number of carbonyl (C=O) groups is 1. The van der Waals surface area contributed by atoms with Gasteiger partial charge in [-0.25, -0.2) is 9.18 Å². The number of rotatable bonds is 6. The van der Waals surface area contributed by atoms with Gasteiger partial charge in [-0.3, -0.25) is 4.90 Å². The summed E-state index contributed by atoms with van der Waals surface area (Å²) < 4.78 is 59.2. The van der Waals surface area contributed by atoms with Crippen molar-refractivity contribution in [3.63, 3.8) is 0 Å². The van der Waals surface area contributed by atoms with Crippen molar-refractivity contribution in [3.05, 3.63) is 63.4 Å². The zero-order valence-electron chi connectivity index (χ0n) is 17.5. The van der Waals surface area contributed by atoms with Crippen molar-refractivity contribution in [1.82, 2.24) is 4.90 Å². The average Bonchev–Trinajstić information content (AvgIpc) is 3.55. The standard InChI is InChI=1S/C23H22ClF4NO3.ClH/c24-20-4-3-16(10-19(20)23(26,27)28)32-15-5-7-29(8-6-15)12-14-9-21(25)18(22(30)31)11-17(14)13-1-2-13;/h3-4,9-11,13,15H,1-2,5-8,12H2,(H,30,31);1H. The van der Waals surface area contributed by atoms with Crippen LogP contribution in [0.1, 0.15) is 58.6 Å². The average molecular weight is 508 g/mol. The van der Waals surface area contributed by atoms with Gasteiger partial charge < -0.3 is 9.84 Å². The smallest absolute Gasteiger partial charge is 0.417 e. The molecule has 0 bridgehead atoms. The van der Waals surface area contributed by atoms with Gasteiger partial charge in [0.25, 0.3) is 0 Å². The van der Waals surface area contributed by atoms with Crippen molar-refractivity contribution < 1.29 is 32.2 Å². The molecule has 1 aliphatic carbocycles. The number of benzene rings is 2. The van der Waals surface area contributed by atoms with Crippen LogP contribution in [0, 0.1) is 5.82 Å². The first-order valence-electron chi connectivity index (χ1n) is 10.4. The van der Waals surface area contributed by atoms with Gasteiger partial charge >= 0.3 is 12.1 Å². The Bertz CT molecular complexity index is 1020. The summed E-state index contributed by atoms with van der Waals surface area (Å²) in [5.74, 6) is -1.61. The Morgan fingerprint density at radius 3 is 2.36 bits per heavy atom. The lowest BCUT2D eigenvalue weighted by atomic mass is 9.98. The highest BCUT2D eigenvalue weighted by molar-refractivity contribution is 6.31. The normalized spacial score (nSPS) is 17.5. The van der Waals surface area contributed by atoms with Crippen LogP contribution in [0.2, 0.25) is 5.02 Å². The number of halogens is 6. The van der Waals surface area contributed by atoms with Crippen molar-refractivity contribution in [2.45, 2.75) is 50.4 Å². The first-order valence-corrected chi connectivity index (χ1v) is 10.8. The lowest BCUT2D eigenvalue weighted by Gasteiger charge is -2.32. The van der Waals surface area contributed by atoms with Crippen molar-refractivity contribution in [1.29, 1.82) is 0 Å². The molecule has 0 amide bonds. The van der Waals surface area contributed by atoms with E-state index in [2.05, 4.69) is 4.90 Å². The van der Waals surface area contributed by atoms with Crippen LogP contribution >= 0.6 is 24.0 Å². The molecule has 10 heteroatoms. The molecule has 0 atom stereocenters. The summed E-state index contributed by atoms with van der Waals surface area (Å²) in [7, 11) is 0. The predicted molar refractivity (Wildman–Crippen MR) is 118 cm³/mol.